The number of halogens is 2. The molecule has 0 aromatic heterocycles. The van der Waals surface area contributed by atoms with Crippen LogP contribution in [0.1, 0.15) is 13.8 Å². The smallest absolute Gasteiger partial charge is 0.149 e. The second-order valence-electron chi connectivity index (χ2n) is 4.71. The first-order valence-electron chi connectivity index (χ1n) is 6.02. The fourth-order valence-electron chi connectivity index (χ4n) is 2.22. The van der Waals surface area contributed by atoms with E-state index in [1.54, 1.807) is 0 Å². The van der Waals surface area contributed by atoms with E-state index in [-0.39, 0.29) is 0 Å². The highest BCUT2D eigenvalue weighted by molar-refractivity contribution is 5.48. The molecule has 0 amide bonds. The Labute approximate surface area is 101 Å². The van der Waals surface area contributed by atoms with Gasteiger partial charge in [-0.25, -0.2) is 8.78 Å². The predicted molar refractivity (Wildman–Crippen MR) is 65.3 cm³/mol. The Hall–Kier alpha value is -1.16. The van der Waals surface area contributed by atoms with Gasteiger partial charge in [0.05, 0.1) is 5.69 Å². The number of rotatable bonds is 2. The molecule has 0 aliphatic carbocycles. The molecule has 0 atom stereocenters. The molecule has 1 aromatic carbocycles. The molecule has 1 heterocycles. The van der Waals surface area contributed by atoms with Gasteiger partial charge >= 0.3 is 0 Å². The number of benzene rings is 1. The van der Waals surface area contributed by atoms with Crippen molar-refractivity contribution in [1.29, 1.82) is 0 Å². The Kier molecular flexibility index (Phi) is 3.62. The van der Waals surface area contributed by atoms with E-state index in [0.29, 0.717) is 11.7 Å². The summed E-state index contributed by atoms with van der Waals surface area (Å²) in [6.45, 7) is 7.76. The van der Waals surface area contributed by atoms with E-state index in [1.807, 2.05) is 4.90 Å². The summed E-state index contributed by atoms with van der Waals surface area (Å²) in [6, 6.07) is 4.31. The monoisotopic (exact) mass is 240 g/mol. The highest BCUT2D eigenvalue weighted by Crippen LogP contribution is 2.21. The number of hydrogen-bond donors (Lipinski definition) is 0. The molecule has 0 spiro atoms. The maximum absolute atomic E-state index is 13.6. The molecule has 1 fully saturated rings. The van der Waals surface area contributed by atoms with Gasteiger partial charge in [-0.3, -0.25) is 4.90 Å². The van der Waals surface area contributed by atoms with Crippen molar-refractivity contribution < 1.29 is 8.78 Å². The van der Waals surface area contributed by atoms with Gasteiger partial charge in [-0.1, -0.05) is 0 Å². The maximum atomic E-state index is 13.6. The molecule has 1 aliphatic rings. The lowest BCUT2D eigenvalue weighted by molar-refractivity contribution is 0.209. The molecular formula is C13H18F2N2. The minimum Gasteiger partial charge on any atom is -0.367 e. The predicted octanol–water partition coefficient (Wildman–Crippen LogP) is 2.50. The van der Waals surface area contributed by atoms with Crippen molar-refractivity contribution in [3.05, 3.63) is 29.8 Å². The van der Waals surface area contributed by atoms with Crippen molar-refractivity contribution in [2.75, 3.05) is 31.1 Å². The topological polar surface area (TPSA) is 6.48 Å². The van der Waals surface area contributed by atoms with Crippen LogP contribution in [-0.4, -0.2) is 37.1 Å². The molecule has 2 nitrogen and oxygen atoms in total. The van der Waals surface area contributed by atoms with E-state index in [1.165, 1.54) is 12.1 Å². The van der Waals surface area contributed by atoms with Crippen LogP contribution in [0, 0.1) is 11.6 Å². The van der Waals surface area contributed by atoms with Gasteiger partial charge in [-0.2, -0.15) is 0 Å². The second kappa shape index (κ2) is 5.00. The van der Waals surface area contributed by atoms with Gasteiger partial charge in [-0.05, 0) is 26.0 Å². The Balaban J connectivity index is 2.05. The highest BCUT2D eigenvalue weighted by Gasteiger charge is 2.20. The molecular weight excluding hydrogens is 222 g/mol. The molecule has 0 unspecified atom stereocenters. The Morgan fingerprint density at radius 1 is 1.06 bits per heavy atom. The van der Waals surface area contributed by atoms with Gasteiger partial charge in [0, 0.05) is 38.3 Å². The lowest BCUT2D eigenvalue weighted by atomic mass is 10.2. The van der Waals surface area contributed by atoms with Crippen LogP contribution in [0.15, 0.2) is 18.2 Å². The summed E-state index contributed by atoms with van der Waals surface area (Å²) in [5.74, 6) is -0.991. The summed E-state index contributed by atoms with van der Waals surface area (Å²) in [4.78, 5) is 4.34. The number of nitrogens with zero attached hydrogens (tertiary/aromatic N) is 2. The molecule has 0 saturated carbocycles. The quantitative estimate of drug-likeness (QED) is 0.783. The molecule has 0 bridgehead atoms. The maximum Gasteiger partial charge on any atom is 0.149 e. The normalized spacial score (nSPS) is 17.8. The molecule has 1 saturated heterocycles. The summed E-state index contributed by atoms with van der Waals surface area (Å²) >= 11 is 0. The average Bonchev–Trinajstić information content (AvgIpc) is 2.29. The van der Waals surface area contributed by atoms with Crippen LogP contribution in [0.25, 0.3) is 0 Å². The summed E-state index contributed by atoms with van der Waals surface area (Å²) in [5, 5.41) is 0. The average molecular weight is 240 g/mol. The molecule has 1 aromatic rings. The number of piperazine rings is 1. The van der Waals surface area contributed by atoms with Crippen LogP contribution < -0.4 is 4.90 Å². The van der Waals surface area contributed by atoms with Crippen LogP contribution in [0.2, 0.25) is 0 Å². The third-order valence-electron chi connectivity index (χ3n) is 3.29. The summed E-state index contributed by atoms with van der Waals surface area (Å²) in [7, 11) is 0. The summed E-state index contributed by atoms with van der Waals surface area (Å²) < 4.78 is 26.4. The first-order valence-corrected chi connectivity index (χ1v) is 6.02. The van der Waals surface area contributed by atoms with E-state index >= 15 is 0 Å². The van der Waals surface area contributed by atoms with Crippen LogP contribution >= 0.6 is 0 Å². The summed E-state index contributed by atoms with van der Waals surface area (Å²) in [6.07, 6.45) is 0. The standard InChI is InChI=1S/C13H18F2N2/c1-10(2)16-5-7-17(8-6-16)13-4-3-11(14)9-12(13)15/h3-4,9-10H,5-8H2,1-2H3. The molecule has 1 aliphatic heterocycles. The van der Waals surface area contributed by atoms with Gasteiger partial charge in [0.15, 0.2) is 0 Å². The first-order chi connectivity index (χ1) is 8.08. The van der Waals surface area contributed by atoms with Crippen molar-refractivity contribution in [3.8, 4) is 0 Å². The fourth-order valence-corrected chi connectivity index (χ4v) is 2.22. The molecule has 2 rings (SSSR count). The molecule has 17 heavy (non-hydrogen) atoms. The van der Waals surface area contributed by atoms with Crippen molar-refractivity contribution in [2.24, 2.45) is 0 Å². The Morgan fingerprint density at radius 2 is 1.71 bits per heavy atom. The first kappa shape index (κ1) is 12.3. The van der Waals surface area contributed by atoms with E-state index in [2.05, 4.69) is 18.7 Å². The van der Waals surface area contributed by atoms with E-state index in [4.69, 9.17) is 0 Å². The van der Waals surface area contributed by atoms with Crippen LogP contribution in [0.5, 0.6) is 0 Å². The third-order valence-corrected chi connectivity index (χ3v) is 3.29. The highest BCUT2D eigenvalue weighted by atomic mass is 19.1. The fraction of sp³-hybridized carbons (Fsp3) is 0.538. The molecule has 0 N–H and O–H groups in total. The lowest BCUT2D eigenvalue weighted by Gasteiger charge is -2.38. The zero-order valence-electron chi connectivity index (χ0n) is 10.3. The Morgan fingerprint density at radius 3 is 2.24 bits per heavy atom. The Bertz CT molecular complexity index is 385. The van der Waals surface area contributed by atoms with Crippen molar-refractivity contribution >= 4 is 5.69 Å². The van der Waals surface area contributed by atoms with Gasteiger partial charge in [0.1, 0.15) is 11.6 Å². The second-order valence-corrected chi connectivity index (χ2v) is 4.71. The molecule has 0 radical (unpaired) electrons. The zero-order chi connectivity index (χ0) is 12.4. The van der Waals surface area contributed by atoms with Crippen molar-refractivity contribution in [3.63, 3.8) is 0 Å². The number of hydrogen-bond acceptors (Lipinski definition) is 2. The third kappa shape index (κ3) is 2.75. The molecule has 4 heteroatoms. The van der Waals surface area contributed by atoms with Crippen LogP contribution in [0.3, 0.4) is 0 Å². The van der Waals surface area contributed by atoms with Crippen LogP contribution in [0.4, 0.5) is 14.5 Å². The van der Waals surface area contributed by atoms with Crippen molar-refractivity contribution in [2.45, 2.75) is 19.9 Å². The van der Waals surface area contributed by atoms with Crippen LogP contribution in [-0.2, 0) is 0 Å². The molecule has 94 valence electrons. The summed E-state index contributed by atoms with van der Waals surface area (Å²) in [5.41, 5.74) is 0.509. The largest absolute Gasteiger partial charge is 0.367 e. The van der Waals surface area contributed by atoms with Gasteiger partial charge in [0.2, 0.25) is 0 Å². The van der Waals surface area contributed by atoms with E-state index in [0.717, 1.165) is 32.2 Å². The zero-order valence-corrected chi connectivity index (χ0v) is 10.3. The minimum absolute atomic E-state index is 0.469. The van der Waals surface area contributed by atoms with E-state index < -0.39 is 11.6 Å². The van der Waals surface area contributed by atoms with Gasteiger partial charge in [0.25, 0.3) is 0 Å². The minimum atomic E-state index is -0.521. The lowest BCUT2D eigenvalue weighted by Crippen LogP contribution is -2.49. The number of anilines is 1. The van der Waals surface area contributed by atoms with Gasteiger partial charge in [-0.15, -0.1) is 0 Å². The van der Waals surface area contributed by atoms with Crippen molar-refractivity contribution in [1.82, 2.24) is 4.90 Å². The van der Waals surface area contributed by atoms with Gasteiger partial charge < -0.3 is 4.90 Å². The SMILES string of the molecule is CC(C)N1CCN(c2ccc(F)cc2F)CC1. The van der Waals surface area contributed by atoms with E-state index in [9.17, 15) is 8.78 Å².